The van der Waals surface area contributed by atoms with Gasteiger partial charge in [-0.05, 0) is 60.4 Å². The molecule has 1 aromatic heterocycles. The Morgan fingerprint density at radius 1 is 1.02 bits per heavy atom. The van der Waals surface area contributed by atoms with Gasteiger partial charge in [0.2, 0.25) is 5.91 Å². The molecule has 0 saturated carbocycles. The molecule has 4 aromatic rings. The minimum Gasteiger partial charge on any atom is -0.618 e. The first-order chi connectivity index (χ1) is 21.0. The van der Waals surface area contributed by atoms with Crippen molar-refractivity contribution in [1.29, 1.82) is 0 Å². The third kappa shape index (κ3) is 7.23. The smallest absolute Gasteiger partial charge is 0.573 e. The van der Waals surface area contributed by atoms with E-state index in [1.807, 2.05) is 24.3 Å². The van der Waals surface area contributed by atoms with Gasteiger partial charge in [0, 0.05) is 34.3 Å². The Hall–Kier alpha value is -4.77. The molecule has 12 heteroatoms. The average Bonchev–Trinajstić information content (AvgIpc) is 2.97. The van der Waals surface area contributed by atoms with Gasteiger partial charge in [0.1, 0.15) is 5.75 Å². The Morgan fingerprint density at radius 3 is 2.59 bits per heavy atom. The molecule has 1 aliphatic rings. The minimum absolute atomic E-state index is 0.0235. The Labute approximate surface area is 256 Å². The first-order valence-electron chi connectivity index (χ1n) is 13.7. The SMILES string of the molecule is COC(=O)Nc1ccc2c(c1)NC(=O)CCCC[C@H](c1ccc(-c3cc(Cl)ccc3OC(F)(F)F)c[n+]1[O-])c1cccc-2c1. The Bertz CT molecular complexity index is 1710. The summed E-state index contributed by atoms with van der Waals surface area (Å²) in [5.74, 6) is -1.05. The summed E-state index contributed by atoms with van der Waals surface area (Å²) in [6.07, 6.45) is -2.40. The highest BCUT2D eigenvalue weighted by atomic mass is 35.5. The van der Waals surface area contributed by atoms with Crippen LogP contribution in [0.3, 0.4) is 0 Å². The number of pyridine rings is 1. The molecule has 2 amide bonds. The Balaban J connectivity index is 1.55. The van der Waals surface area contributed by atoms with E-state index >= 15 is 0 Å². The van der Waals surface area contributed by atoms with Crippen molar-refractivity contribution in [1.82, 2.24) is 0 Å². The summed E-state index contributed by atoms with van der Waals surface area (Å²) in [6.45, 7) is 0. The number of carbonyl (C=O) groups excluding carboxylic acids is 2. The van der Waals surface area contributed by atoms with Crippen LogP contribution < -0.4 is 20.1 Å². The zero-order valence-corrected chi connectivity index (χ0v) is 24.2. The molecule has 5 rings (SSSR count). The van der Waals surface area contributed by atoms with Crippen molar-refractivity contribution < 1.29 is 37.0 Å². The molecule has 2 N–H and O–H groups in total. The molecule has 0 saturated heterocycles. The zero-order chi connectivity index (χ0) is 31.4. The van der Waals surface area contributed by atoms with Crippen LogP contribution in [0.15, 0.2) is 79.0 Å². The number of alkyl halides is 3. The maximum atomic E-state index is 13.5. The lowest BCUT2D eigenvalue weighted by molar-refractivity contribution is -0.614. The molecule has 2 heterocycles. The van der Waals surface area contributed by atoms with E-state index < -0.39 is 18.2 Å². The number of hydrogen-bond acceptors (Lipinski definition) is 5. The largest absolute Gasteiger partial charge is 0.618 e. The number of rotatable bonds is 4. The van der Waals surface area contributed by atoms with Gasteiger partial charge in [-0.25, -0.2) is 4.79 Å². The molecule has 228 valence electrons. The second-order valence-corrected chi connectivity index (χ2v) is 10.6. The van der Waals surface area contributed by atoms with Crippen LogP contribution in [0.25, 0.3) is 22.3 Å². The quantitative estimate of drug-likeness (QED) is 0.177. The lowest BCUT2D eigenvalue weighted by Crippen LogP contribution is -2.33. The highest BCUT2D eigenvalue weighted by Crippen LogP contribution is 2.38. The molecule has 3 aromatic carbocycles. The summed E-state index contributed by atoms with van der Waals surface area (Å²) < 4.78 is 48.6. The van der Waals surface area contributed by atoms with Crippen LogP contribution in [0.5, 0.6) is 5.75 Å². The van der Waals surface area contributed by atoms with E-state index in [9.17, 15) is 28.0 Å². The van der Waals surface area contributed by atoms with Crippen LogP contribution in [-0.4, -0.2) is 25.5 Å². The van der Waals surface area contributed by atoms with Gasteiger partial charge < -0.3 is 20.0 Å². The fourth-order valence-electron chi connectivity index (χ4n) is 5.26. The number of halogens is 4. The van der Waals surface area contributed by atoms with Crippen LogP contribution >= 0.6 is 11.6 Å². The van der Waals surface area contributed by atoms with Crippen LogP contribution in [0.4, 0.5) is 29.3 Å². The molecular formula is C32H27ClF3N3O5. The van der Waals surface area contributed by atoms with Crippen molar-refractivity contribution in [2.24, 2.45) is 0 Å². The number of amides is 2. The Morgan fingerprint density at radius 2 is 1.84 bits per heavy atom. The van der Waals surface area contributed by atoms with Crippen molar-refractivity contribution in [3.63, 3.8) is 0 Å². The lowest BCUT2D eigenvalue weighted by atomic mass is 9.87. The summed E-state index contributed by atoms with van der Waals surface area (Å²) >= 11 is 6.07. The third-order valence-electron chi connectivity index (χ3n) is 7.25. The van der Waals surface area contributed by atoms with E-state index in [4.69, 9.17) is 11.6 Å². The van der Waals surface area contributed by atoms with Crippen LogP contribution in [0.2, 0.25) is 5.02 Å². The van der Waals surface area contributed by atoms with Gasteiger partial charge in [0.15, 0.2) is 11.9 Å². The number of hydrogen-bond donors (Lipinski definition) is 2. The number of nitrogens with one attached hydrogen (secondary N) is 2. The molecule has 1 aliphatic heterocycles. The van der Waals surface area contributed by atoms with Crippen molar-refractivity contribution in [3.05, 3.63) is 100 Å². The topological polar surface area (TPSA) is 104 Å². The highest BCUT2D eigenvalue weighted by Gasteiger charge is 2.33. The van der Waals surface area contributed by atoms with Gasteiger partial charge in [-0.15, -0.1) is 13.2 Å². The van der Waals surface area contributed by atoms with Gasteiger partial charge in [0.25, 0.3) is 0 Å². The van der Waals surface area contributed by atoms with E-state index in [0.717, 1.165) is 17.2 Å². The molecule has 1 atom stereocenters. The van der Waals surface area contributed by atoms with Crippen molar-refractivity contribution in [2.45, 2.75) is 38.0 Å². The van der Waals surface area contributed by atoms with Crippen LogP contribution in [0, 0.1) is 5.21 Å². The fourth-order valence-corrected chi connectivity index (χ4v) is 5.44. The molecule has 0 unspecified atom stereocenters. The standard InChI is InChI=1S/C32H27ClF3N3O5/c1-43-31(41)37-23-11-12-24-19-5-4-6-20(15-19)25(7-2-3-8-30(40)38-27(24)17-23)28-13-9-21(18-39(28)42)26-16-22(33)10-14-29(26)44-32(34,35)36/h4-6,9-18,25H,2-3,7-8H2,1H3,(H,37,41)(H,38,40)/t25-/m0/s1. The number of methoxy groups -OCH3 is 1. The Kier molecular flexibility index (Phi) is 8.96. The first kappa shape index (κ1) is 30.7. The number of nitrogens with zero attached hydrogens (tertiary/aromatic N) is 1. The van der Waals surface area contributed by atoms with Crippen LogP contribution in [-0.2, 0) is 9.53 Å². The van der Waals surface area contributed by atoms with Gasteiger partial charge in [-0.3, -0.25) is 10.1 Å². The third-order valence-corrected chi connectivity index (χ3v) is 7.49. The summed E-state index contributed by atoms with van der Waals surface area (Å²) in [7, 11) is 1.25. The highest BCUT2D eigenvalue weighted by molar-refractivity contribution is 6.31. The number of ether oxygens (including phenoxy) is 2. The van der Waals surface area contributed by atoms with Gasteiger partial charge in [-0.1, -0.05) is 48.4 Å². The molecule has 0 fully saturated rings. The molecule has 0 radical (unpaired) electrons. The predicted octanol–water partition coefficient (Wildman–Crippen LogP) is 8.03. The van der Waals surface area contributed by atoms with Crippen LogP contribution in [0.1, 0.15) is 42.9 Å². The monoisotopic (exact) mass is 625 g/mol. The van der Waals surface area contributed by atoms with E-state index in [-0.39, 0.29) is 34.4 Å². The number of anilines is 2. The lowest BCUT2D eigenvalue weighted by Gasteiger charge is -2.21. The molecule has 0 spiro atoms. The number of aromatic nitrogens is 1. The van der Waals surface area contributed by atoms with E-state index in [1.54, 1.807) is 30.3 Å². The average molecular weight is 626 g/mol. The van der Waals surface area contributed by atoms with E-state index in [1.165, 1.54) is 25.4 Å². The molecule has 0 aliphatic carbocycles. The minimum atomic E-state index is -4.93. The predicted molar refractivity (Wildman–Crippen MR) is 159 cm³/mol. The summed E-state index contributed by atoms with van der Waals surface area (Å²) in [6, 6.07) is 19.5. The second kappa shape index (κ2) is 12.8. The molecule has 44 heavy (non-hydrogen) atoms. The normalized spacial score (nSPS) is 15.2. The molecule has 8 nitrogen and oxygen atoms in total. The molecule has 2 bridgehead atoms. The second-order valence-electron chi connectivity index (χ2n) is 10.2. The summed E-state index contributed by atoms with van der Waals surface area (Å²) in [4.78, 5) is 24.6. The van der Waals surface area contributed by atoms with Crippen molar-refractivity contribution >= 4 is 35.0 Å². The number of benzene rings is 3. The van der Waals surface area contributed by atoms with Gasteiger partial charge in [0.05, 0.1) is 24.3 Å². The number of fused-ring (bicyclic) bond motifs is 4. The fraction of sp³-hybridized carbons (Fsp3) is 0.219. The van der Waals surface area contributed by atoms with Gasteiger partial charge >= 0.3 is 12.5 Å². The van der Waals surface area contributed by atoms with Crippen molar-refractivity contribution in [2.75, 3.05) is 17.7 Å². The maximum Gasteiger partial charge on any atom is 0.573 e. The molecular weight excluding hydrogens is 599 g/mol. The van der Waals surface area contributed by atoms with Gasteiger partial charge in [-0.2, -0.15) is 4.73 Å². The van der Waals surface area contributed by atoms with E-state index in [0.29, 0.717) is 46.6 Å². The first-order valence-corrected chi connectivity index (χ1v) is 14.1. The number of carbonyl (C=O) groups is 2. The van der Waals surface area contributed by atoms with Crippen molar-refractivity contribution in [3.8, 4) is 28.0 Å². The zero-order valence-electron chi connectivity index (χ0n) is 23.4. The summed E-state index contributed by atoms with van der Waals surface area (Å²) in [5, 5.41) is 19.2. The van der Waals surface area contributed by atoms with E-state index in [2.05, 4.69) is 20.1 Å². The maximum absolute atomic E-state index is 13.5. The summed E-state index contributed by atoms with van der Waals surface area (Å²) in [5.41, 5.74) is 3.88.